The van der Waals surface area contributed by atoms with Gasteiger partial charge in [-0.3, -0.25) is 14.5 Å². The fourth-order valence-electron chi connectivity index (χ4n) is 5.05. The predicted molar refractivity (Wildman–Crippen MR) is 123 cm³/mol. The monoisotopic (exact) mass is 418 g/mol. The van der Waals surface area contributed by atoms with Gasteiger partial charge in [0.1, 0.15) is 5.69 Å². The number of fused-ring (bicyclic) bond motifs is 3. The minimum absolute atomic E-state index is 0.0738. The molecule has 1 aliphatic carbocycles. The molecule has 0 spiro atoms. The topological polar surface area (TPSA) is 68.4 Å². The van der Waals surface area contributed by atoms with Crippen LogP contribution in [0.15, 0.2) is 42.5 Å². The van der Waals surface area contributed by atoms with Gasteiger partial charge in [0.25, 0.3) is 5.91 Å². The maximum Gasteiger partial charge on any atom is 0.267 e. The minimum atomic E-state index is -0.0738. The quantitative estimate of drug-likeness (QED) is 0.667. The van der Waals surface area contributed by atoms with Gasteiger partial charge < -0.3 is 15.2 Å². The molecule has 0 unspecified atom stereocenters. The maximum absolute atomic E-state index is 12.7. The van der Waals surface area contributed by atoms with Crippen molar-refractivity contribution in [3.63, 3.8) is 0 Å². The van der Waals surface area contributed by atoms with E-state index >= 15 is 0 Å². The van der Waals surface area contributed by atoms with E-state index in [1.54, 1.807) is 0 Å². The van der Waals surface area contributed by atoms with Crippen LogP contribution in [0.2, 0.25) is 0 Å². The van der Waals surface area contributed by atoms with E-state index in [2.05, 4.69) is 33.4 Å². The van der Waals surface area contributed by atoms with Crippen LogP contribution < -0.4 is 5.32 Å². The number of piperazine rings is 1. The Balaban J connectivity index is 1.12. The van der Waals surface area contributed by atoms with Crippen LogP contribution in [0.4, 0.5) is 0 Å². The van der Waals surface area contributed by atoms with Crippen molar-refractivity contribution in [2.24, 2.45) is 5.92 Å². The highest BCUT2D eigenvalue weighted by Gasteiger charge is 2.29. The van der Waals surface area contributed by atoms with Crippen LogP contribution in [0.3, 0.4) is 0 Å². The third kappa shape index (κ3) is 4.17. The standard InChI is InChI=1S/C25H30N4O2/c30-24(23-17-21-20-8-4-3-5-18(20)9-10-22(21)27-23)26-11-12-28-13-15-29(16-14-28)25(31)19-6-1-2-7-19/h3-5,8-10,17,19,27H,1-2,6-7,11-16H2,(H,26,30). The molecule has 2 heterocycles. The number of hydrogen-bond donors (Lipinski definition) is 2. The summed E-state index contributed by atoms with van der Waals surface area (Å²) in [4.78, 5) is 32.9. The average molecular weight is 419 g/mol. The van der Waals surface area contributed by atoms with Crippen molar-refractivity contribution < 1.29 is 9.59 Å². The molecule has 5 rings (SSSR count). The predicted octanol–water partition coefficient (Wildman–Crippen LogP) is 3.39. The first-order valence-corrected chi connectivity index (χ1v) is 11.5. The van der Waals surface area contributed by atoms with Gasteiger partial charge in [-0.1, -0.05) is 43.2 Å². The number of carbonyl (C=O) groups is 2. The van der Waals surface area contributed by atoms with Crippen molar-refractivity contribution in [3.8, 4) is 0 Å². The zero-order chi connectivity index (χ0) is 21.2. The lowest BCUT2D eigenvalue weighted by atomic mass is 10.1. The molecule has 2 fully saturated rings. The summed E-state index contributed by atoms with van der Waals surface area (Å²) in [6.07, 6.45) is 4.52. The highest BCUT2D eigenvalue weighted by Crippen LogP contribution is 2.27. The van der Waals surface area contributed by atoms with Gasteiger partial charge in [0.05, 0.1) is 0 Å². The molecule has 0 atom stereocenters. The lowest BCUT2D eigenvalue weighted by Crippen LogP contribution is -2.51. The van der Waals surface area contributed by atoms with Crippen molar-refractivity contribution in [2.45, 2.75) is 25.7 Å². The van der Waals surface area contributed by atoms with Crippen LogP contribution in [0.25, 0.3) is 21.7 Å². The first-order valence-electron chi connectivity index (χ1n) is 11.5. The molecule has 1 aromatic heterocycles. The van der Waals surface area contributed by atoms with Crippen LogP contribution in [0.1, 0.15) is 36.2 Å². The summed E-state index contributed by atoms with van der Waals surface area (Å²) in [6, 6.07) is 14.3. The number of nitrogens with zero attached hydrogens (tertiary/aromatic N) is 2. The minimum Gasteiger partial charge on any atom is -0.351 e. The van der Waals surface area contributed by atoms with Crippen molar-refractivity contribution in [2.75, 3.05) is 39.3 Å². The summed E-state index contributed by atoms with van der Waals surface area (Å²) in [7, 11) is 0. The van der Waals surface area contributed by atoms with E-state index < -0.39 is 0 Å². The highest BCUT2D eigenvalue weighted by molar-refractivity contribution is 6.09. The van der Waals surface area contributed by atoms with Crippen molar-refractivity contribution in [3.05, 3.63) is 48.2 Å². The van der Waals surface area contributed by atoms with Gasteiger partial charge in [0.2, 0.25) is 5.91 Å². The molecule has 2 N–H and O–H groups in total. The van der Waals surface area contributed by atoms with E-state index in [-0.39, 0.29) is 11.8 Å². The summed E-state index contributed by atoms with van der Waals surface area (Å²) in [5.41, 5.74) is 1.57. The van der Waals surface area contributed by atoms with Crippen molar-refractivity contribution >= 4 is 33.5 Å². The number of benzene rings is 2. The second kappa shape index (κ2) is 8.71. The van der Waals surface area contributed by atoms with Gasteiger partial charge >= 0.3 is 0 Å². The third-order valence-corrected chi connectivity index (χ3v) is 6.88. The van der Waals surface area contributed by atoms with Crippen molar-refractivity contribution in [1.82, 2.24) is 20.1 Å². The van der Waals surface area contributed by atoms with Gasteiger partial charge in [-0.2, -0.15) is 0 Å². The zero-order valence-electron chi connectivity index (χ0n) is 17.9. The average Bonchev–Trinajstić information content (AvgIpc) is 3.49. The molecule has 0 radical (unpaired) electrons. The molecule has 31 heavy (non-hydrogen) atoms. The fourth-order valence-corrected chi connectivity index (χ4v) is 5.05. The van der Waals surface area contributed by atoms with E-state index in [0.717, 1.165) is 61.9 Å². The number of aromatic amines is 1. The van der Waals surface area contributed by atoms with E-state index in [0.29, 0.717) is 18.1 Å². The summed E-state index contributed by atoms with van der Waals surface area (Å²) in [6.45, 7) is 4.78. The maximum atomic E-state index is 12.7. The first-order chi connectivity index (χ1) is 15.2. The van der Waals surface area contributed by atoms with Gasteiger partial charge in [0.15, 0.2) is 0 Å². The van der Waals surface area contributed by atoms with Gasteiger partial charge in [0, 0.05) is 56.1 Å². The van der Waals surface area contributed by atoms with E-state index in [9.17, 15) is 9.59 Å². The van der Waals surface area contributed by atoms with E-state index in [1.165, 1.54) is 18.2 Å². The van der Waals surface area contributed by atoms with Gasteiger partial charge in [-0.25, -0.2) is 0 Å². The molecule has 1 saturated carbocycles. The number of nitrogens with one attached hydrogen (secondary N) is 2. The van der Waals surface area contributed by atoms with Crippen LogP contribution in [-0.2, 0) is 4.79 Å². The Labute approximate surface area is 182 Å². The summed E-state index contributed by atoms with van der Waals surface area (Å²) >= 11 is 0. The Hall–Kier alpha value is -2.86. The largest absolute Gasteiger partial charge is 0.351 e. The molecule has 2 aromatic carbocycles. The number of rotatable bonds is 5. The summed E-state index contributed by atoms with van der Waals surface area (Å²) in [5.74, 6) is 0.548. The zero-order valence-corrected chi connectivity index (χ0v) is 17.9. The lowest BCUT2D eigenvalue weighted by Gasteiger charge is -2.36. The molecular weight excluding hydrogens is 388 g/mol. The molecule has 0 bridgehead atoms. The third-order valence-electron chi connectivity index (χ3n) is 6.88. The smallest absolute Gasteiger partial charge is 0.267 e. The van der Waals surface area contributed by atoms with E-state index in [1.807, 2.05) is 29.2 Å². The Morgan fingerprint density at radius 1 is 0.968 bits per heavy atom. The van der Waals surface area contributed by atoms with Crippen LogP contribution >= 0.6 is 0 Å². The second-order valence-corrected chi connectivity index (χ2v) is 8.84. The van der Waals surface area contributed by atoms with Gasteiger partial charge in [-0.15, -0.1) is 0 Å². The number of carbonyl (C=O) groups excluding carboxylic acids is 2. The van der Waals surface area contributed by atoms with Gasteiger partial charge in [-0.05, 0) is 35.7 Å². The Morgan fingerprint density at radius 2 is 1.74 bits per heavy atom. The number of H-pyrrole nitrogens is 1. The number of hydrogen-bond acceptors (Lipinski definition) is 3. The molecule has 6 heteroatoms. The van der Waals surface area contributed by atoms with Crippen LogP contribution in [0.5, 0.6) is 0 Å². The van der Waals surface area contributed by atoms with E-state index in [4.69, 9.17) is 0 Å². The second-order valence-electron chi connectivity index (χ2n) is 8.84. The van der Waals surface area contributed by atoms with Crippen molar-refractivity contribution in [1.29, 1.82) is 0 Å². The first kappa shape index (κ1) is 20.1. The van der Waals surface area contributed by atoms with Crippen LogP contribution in [-0.4, -0.2) is 65.9 Å². The summed E-state index contributed by atoms with van der Waals surface area (Å²) < 4.78 is 0. The fraction of sp³-hybridized carbons (Fsp3) is 0.440. The Morgan fingerprint density at radius 3 is 2.55 bits per heavy atom. The number of aromatic nitrogens is 1. The highest BCUT2D eigenvalue weighted by atomic mass is 16.2. The molecule has 1 aliphatic heterocycles. The normalized spacial score (nSPS) is 18.1. The molecule has 162 valence electrons. The number of amides is 2. The van der Waals surface area contributed by atoms with Crippen LogP contribution in [0, 0.1) is 5.92 Å². The molecule has 2 aliphatic rings. The Kier molecular flexibility index (Phi) is 5.64. The molecule has 3 aromatic rings. The molecular formula is C25H30N4O2. The Bertz CT molecular complexity index is 1090. The molecule has 2 amide bonds. The molecule has 1 saturated heterocycles. The SMILES string of the molecule is O=C(NCCN1CCN(C(=O)C2CCCC2)CC1)c1cc2c(ccc3ccccc32)[nH]1. The lowest BCUT2D eigenvalue weighted by molar-refractivity contribution is -0.137. The molecule has 6 nitrogen and oxygen atoms in total. The summed E-state index contributed by atoms with van der Waals surface area (Å²) in [5, 5.41) is 6.44.